The van der Waals surface area contributed by atoms with Crippen LogP contribution in [-0.4, -0.2) is 22.0 Å². The lowest BCUT2D eigenvalue weighted by molar-refractivity contribution is -0.136. The summed E-state index contributed by atoms with van der Waals surface area (Å²) in [6, 6.07) is 15.9. The summed E-state index contributed by atoms with van der Waals surface area (Å²) in [4.78, 5) is 27.4. The molecule has 1 aromatic heterocycles. The number of aryl methyl sites for hydroxylation is 1. The Hall–Kier alpha value is -3.19. The normalized spacial score (nSPS) is 10.7. The van der Waals surface area contributed by atoms with Crippen molar-refractivity contribution < 1.29 is 14.7 Å². The average molecular weight is 480 g/mol. The first-order valence-corrected chi connectivity index (χ1v) is 12.8. The van der Waals surface area contributed by atoms with Crippen molar-refractivity contribution in [2.45, 2.75) is 64.8 Å². The van der Waals surface area contributed by atoms with Gasteiger partial charge in [0.1, 0.15) is 0 Å². The van der Waals surface area contributed by atoms with Crippen molar-refractivity contribution in [3.8, 4) is 0 Å². The number of hydrogen-bond donors (Lipinski definition) is 3. The number of hydrogen-bond acceptors (Lipinski definition) is 5. The number of carboxylic acid groups (broad SMARTS) is 1. The highest BCUT2D eigenvalue weighted by Crippen LogP contribution is 2.19. The van der Waals surface area contributed by atoms with Gasteiger partial charge in [-0.3, -0.25) is 14.9 Å². The molecule has 0 spiro atoms. The first-order valence-electron chi connectivity index (χ1n) is 11.9. The number of amides is 1. The van der Waals surface area contributed by atoms with Crippen LogP contribution in [0.4, 0.5) is 10.8 Å². The molecule has 0 radical (unpaired) electrons. The summed E-state index contributed by atoms with van der Waals surface area (Å²) in [6.45, 7) is 2.98. The van der Waals surface area contributed by atoms with Crippen LogP contribution in [0.3, 0.4) is 0 Å². The third-order valence-corrected chi connectivity index (χ3v) is 6.46. The Bertz CT molecular complexity index is 1060. The molecular formula is C27H33N3O3S. The molecule has 34 heavy (non-hydrogen) atoms. The second-order valence-corrected chi connectivity index (χ2v) is 9.24. The largest absolute Gasteiger partial charge is 0.481 e. The van der Waals surface area contributed by atoms with Gasteiger partial charge in [0.25, 0.3) is 5.91 Å². The number of carbonyl (C=O) groups excluding carboxylic acids is 1. The monoisotopic (exact) mass is 479 g/mol. The van der Waals surface area contributed by atoms with E-state index in [-0.39, 0.29) is 12.3 Å². The van der Waals surface area contributed by atoms with Gasteiger partial charge in [0.15, 0.2) is 5.13 Å². The molecule has 0 aliphatic carbocycles. The Morgan fingerprint density at radius 1 is 0.941 bits per heavy atom. The van der Waals surface area contributed by atoms with Gasteiger partial charge in [0, 0.05) is 23.2 Å². The molecule has 0 saturated heterocycles. The molecule has 0 bridgehead atoms. The minimum atomic E-state index is -0.948. The highest BCUT2D eigenvalue weighted by Gasteiger charge is 2.11. The minimum Gasteiger partial charge on any atom is -0.481 e. The minimum absolute atomic E-state index is 0.158. The summed E-state index contributed by atoms with van der Waals surface area (Å²) < 4.78 is 0. The fourth-order valence-corrected chi connectivity index (χ4v) is 4.48. The Labute approximate surface area is 205 Å². The standard InChI is InChI=1S/C27H33N3O3S/c1-2-3-4-5-6-7-10-20-11-8-9-12-22(20)18-28-23-15-13-21(14-16-23)26(33)30-27-29-24(19-34-27)17-25(31)32/h8-9,11-16,19,28H,2-7,10,17-18H2,1H3,(H,31,32)(H,29,30,33). The number of anilines is 2. The van der Waals surface area contributed by atoms with Gasteiger partial charge in [-0.05, 0) is 48.2 Å². The number of benzene rings is 2. The highest BCUT2D eigenvalue weighted by molar-refractivity contribution is 7.14. The smallest absolute Gasteiger partial charge is 0.309 e. The fraction of sp³-hybridized carbons (Fsp3) is 0.370. The number of nitrogens with zero attached hydrogens (tertiary/aromatic N) is 1. The van der Waals surface area contributed by atoms with Crippen molar-refractivity contribution in [1.29, 1.82) is 0 Å². The molecule has 3 rings (SSSR count). The molecule has 0 unspecified atom stereocenters. The quantitative estimate of drug-likeness (QED) is 0.228. The zero-order chi connectivity index (χ0) is 24.2. The summed E-state index contributed by atoms with van der Waals surface area (Å²) in [5.74, 6) is -1.22. The Balaban J connectivity index is 1.49. The zero-order valence-electron chi connectivity index (χ0n) is 19.7. The number of carboxylic acids is 1. The van der Waals surface area contributed by atoms with E-state index in [1.165, 1.54) is 61.0 Å². The first kappa shape index (κ1) is 25.4. The maximum Gasteiger partial charge on any atom is 0.309 e. The van der Waals surface area contributed by atoms with E-state index in [1.54, 1.807) is 17.5 Å². The van der Waals surface area contributed by atoms with Crippen LogP contribution in [0.2, 0.25) is 0 Å². The topological polar surface area (TPSA) is 91.3 Å². The second kappa shape index (κ2) is 13.5. The maximum atomic E-state index is 12.5. The van der Waals surface area contributed by atoms with E-state index in [2.05, 4.69) is 46.8 Å². The van der Waals surface area contributed by atoms with Crippen LogP contribution in [0.25, 0.3) is 0 Å². The molecule has 1 heterocycles. The van der Waals surface area contributed by atoms with E-state index >= 15 is 0 Å². The predicted octanol–water partition coefficient (Wildman–Crippen LogP) is 6.54. The van der Waals surface area contributed by atoms with Crippen molar-refractivity contribution in [2.24, 2.45) is 0 Å². The van der Waals surface area contributed by atoms with Crippen molar-refractivity contribution in [3.63, 3.8) is 0 Å². The third kappa shape index (κ3) is 8.30. The maximum absolute atomic E-state index is 12.5. The highest BCUT2D eigenvalue weighted by atomic mass is 32.1. The molecule has 6 nitrogen and oxygen atoms in total. The van der Waals surface area contributed by atoms with Gasteiger partial charge in [-0.1, -0.05) is 63.3 Å². The molecule has 0 atom stereocenters. The van der Waals surface area contributed by atoms with Crippen molar-refractivity contribution in [3.05, 3.63) is 76.3 Å². The number of carbonyl (C=O) groups is 2. The van der Waals surface area contributed by atoms with E-state index < -0.39 is 5.97 Å². The molecule has 3 N–H and O–H groups in total. The van der Waals surface area contributed by atoms with E-state index in [1.807, 2.05) is 12.1 Å². The molecule has 0 aliphatic rings. The molecule has 0 saturated carbocycles. The number of rotatable bonds is 14. The molecular weight excluding hydrogens is 446 g/mol. The van der Waals surface area contributed by atoms with Gasteiger partial charge >= 0.3 is 5.97 Å². The summed E-state index contributed by atoms with van der Waals surface area (Å²) in [5, 5.41) is 17.1. The van der Waals surface area contributed by atoms with Gasteiger partial charge in [-0.2, -0.15) is 0 Å². The SMILES string of the molecule is CCCCCCCCc1ccccc1CNc1ccc(C(=O)Nc2nc(CC(=O)O)cs2)cc1. The average Bonchev–Trinajstić information content (AvgIpc) is 3.26. The van der Waals surface area contributed by atoms with Crippen LogP contribution in [0.1, 0.15) is 72.6 Å². The first-order chi connectivity index (χ1) is 16.5. The Morgan fingerprint density at radius 2 is 1.65 bits per heavy atom. The van der Waals surface area contributed by atoms with E-state index in [9.17, 15) is 9.59 Å². The molecule has 7 heteroatoms. The van der Waals surface area contributed by atoms with E-state index in [0.717, 1.165) is 18.7 Å². The van der Waals surface area contributed by atoms with Crippen LogP contribution >= 0.6 is 11.3 Å². The summed E-state index contributed by atoms with van der Waals surface area (Å²) in [5.41, 5.74) is 4.60. The van der Waals surface area contributed by atoms with Crippen LogP contribution in [0, 0.1) is 0 Å². The van der Waals surface area contributed by atoms with Gasteiger partial charge < -0.3 is 10.4 Å². The fourth-order valence-electron chi connectivity index (χ4n) is 3.78. The number of aliphatic carboxylic acids is 1. The number of aromatic nitrogens is 1. The van der Waals surface area contributed by atoms with Gasteiger partial charge in [0.05, 0.1) is 12.1 Å². The molecule has 3 aromatic rings. The Kier molecular flexibility index (Phi) is 10.1. The third-order valence-electron chi connectivity index (χ3n) is 5.65. The van der Waals surface area contributed by atoms with Crippen LogP contribution in [0.5, 0.6) is 0 Å². The lowest BCUT2D eigenvalue weighted by Crippen LogP contribution is -2.12. The molecule has 0 aliphatic heterocycles. The second-order valence-electron chi connectivity index (χ2n) is 8.39. The lowest BCUT2D eigenvalue weighted by atomic mass is 10.0. The summed E-state index contributed by atoms with van der Waals surface area (Å²) >= 11 is 1.22. The van der Waals surface area contributed by atoms with Crippen molar-refractivity contribution in [1.82, 2.24) is 4.98 Å². The van der Waals surface area contributed by atoms with Crippen LogP contribution in [0.15, 0.2) is 53.9 Å². The van der Waals surface area contributed by atoms with Crippen LogP contribution < -0.4 is 10.6 Å². The van der Waals surface area contributed by atoms with E-state index in [4.69, 9.17) is 5.11 Å². The Morgan fingerprint density at radius 3 is 2.38 bits per heavy atom. The van der Waals surface area contributed by atoms with E-state index in [0.29, 0.717) is 16.4 Å². The van der Waals surface area contributed by atoms with Crippen molar-refractivity contribution >= 4 is 34.0 Å². The summed E-state index contributed by atoms with van der Waals surface area (Å²) in [6.07, 6.45) is 8.72. The number of thiazole rings is 1. The van der Waals surface area contributed by atoms with Crippen LogP contribution in [-0.2, 0) is 24.2 Å². The number of unbranched alkanes of at least 4 members (excludes halogenated alkanes) is 5. The lowest BCUT2D eigenvalue weighted by Gasteiger charge is -2.12. The predicted molar refractivity (Wildman–Crippen MR) is 139 cm³/mol. The molecule has 0 fully saturated rings. The van der Waals surface area contributed by atoms with Crippen molar-refractivity contribution in [2.75, 3.05) is 10.6 Å². The molecule has 180 valence electrons. The van der Waals surface area contributed by atoms with Gasteiger partial charge in [-0.25, -0.2) is 4.98 Å². The van der Waals surface area contributed by atoms with Gasteiger partial charge in [0.2, 0.25) is 0 Å². The van der Waals surface area contributed by atoms with Gasteiger partial charge in [-0.15, -0.1) is 11.3 Å². The molecule has 1 amide bonds. The zero-order valence-corrected chi connectivity index (χ0v) is 20.5. The molecule has 2 aromatic carbocycles. The summed E-state index contributed by atoms with van der Waals surface area (Å²) in [7, 11) is 0. The number of nitrogens with one attached hydrogen (secondary N) is 2.